The van der Waals surface area contributed by atoms with Crippen molar-refractivity contribution in [3.63, 3.8) is 0 Å². The molecule has 3 rings (SSSR count). The molecule has 1 aromatic heterocycles. The molecule has 0 bridgehead atoms. The average Bonchev–Trinajstić information content (AvgIpc) is 3.20. The maximum absolute atomic E-state index is 13.2. The third kappa shape index (κ3) is 4.49. The summed E-state index contributed by atoms with van der Waals surface area (Å²) in [5.74, 6) is 0.197. The SMILES string of the molecule is CCc1ccccc1OCC(=O)NC(c1ccc(F)cc1)c1cccs1. The fourth-order valence-corrected chi connectivity index (χ4v) is 3.51. The molecule has 5 heteroatoms. The number of amides is 1. The lowest BCUT2D eigenvalue weighted by Gasteiger charge is -2.19. The van der Waals surface area contributed by atoms with E-state index < -0.39 is 0 Å². The van der Waals surface area contributed by atoms with E-state index in [0.29, 0.717) is 0 Å². The van der Waals surface area contributed by atoms with Crippen LogP contribution in [-0.2, 0) is 11.2 Å². The standard InChI is InChI=1S/C21H20FNO2S/c1-2-15-6-3-4-7-18(15)25-14-20(24)23-21(19-8-5-13-26-19)16-9-11-17(22)12-10-16/h3-13,21H,2,14H2,1H3,(H,23,24). The zero-order valence-electron chi connectivity index (χ0n) is 14.4. The Balaban J connectivity index is 1.70. The lowest BCUT2D eigenvalue weighted by atomic mass is 10.1. The highest BCUT2D eigenvalue weighted by atomic mass is 32.1. The first-order valence-corrected chi connectivity index (χ1v) is 9.34. The first-order chi connectivity index (χ1) is 12.7. The van der Waals surface area contributed by atoms with Crippen molar-refractivity contribution in [1.29, 1.82) is 0 Å². The second-order valence-electron chi connectivity index (χ2n) is 5.82. The van der Waals surface area contributed by atoms with Crippen molar-refractivity contribution in [3.05, 3.63) is 87.9 Å². The van der Waals surface area contributed by atoms with Crippen LogP contribution in [0.2, 0.25) is 0 Å². The van der Waals surface area contributed by atoms with Crippen molar-refractivity contribution in [1.82, 2.24) is 5.32 Å². The summed E-state index contributed by atoms with van der Waals surface area (Å²) in [6, 6.07) is 17.4. The maximum Gasteiger partial charge on any atom is 0.258 e. The number of aryl methyl sites for hydroxylation is 1. The predicted molar refractivity (Wildman–Crippen MR) is 102 cm³/mol. The molecule has 1 atom stereocenters. The minimum Gasteiger partial charge on any atom is -0.483 e. The molecule has 3 nitrogen and oxygen atoms in total. The number of hydrogen-bond donors (Lipinski definition) is 1. The summed E-state index contributed by atoms with van der Waals surface area (Å²) >= 11 is 1.54. The Bertz CT molecular complexity index is 847. The van der Waals surface area contributed by atoms with Crippen LogP contribution in [0, 0.1) is 5.82 Å². The van der Waals surface area contributed by atoms with Gasteiger partial charge in [-0.25, -0.2) is 4.39 Å². The van der Waals surface area contributed by atoms with Gasteiger partial charge in [0.25, 0.3) is 5.91 Å². The molecule has 0 fully saturated rings. The highest BCUT2D eigenvalue weighted by molar-refractivity contribution is 7.10. The summed E-state index contributed by atoms with van der Waals surface area (Å²) in [6.07, 6.45) is 0.838. The highest BCUT2D eigenvalue weighted by Gasteiger charge is 2.18. The summed E-state index contributed by atoms with van der Waals surface area (Å²) in [7, 11) is 0. The molecule has 0 aliphatic heterocycles. The quantitative estimate of drug-likeness (QED) is 0.654. The fraction of sp³-hybridized carbons (Fsp3) is 0.190. The maximum atomic E-state index is 13.2. The normalized spacial score (nSPS) is 11.8. The first-order valence-electron chi connectivity index (χ1n) is 8.46. The zero-order valence-corrected chi connectivity index (χ0v) is 15.3. The van der Waals surface area contributed by atoms with Gasteiger partial charge in [-0.3, -0.25) is 4.79 Å². The van der Waals surface area contributed by atoms with Crippen LogP contribution in [-0.4, -0.2) is 12.5 Å². The van der Waals surface area contributed by atoms with E-state index in [1.54, 1.807) is 23.5 Å². The fourth-order valence-electron chi connectivity index (χ4n) is 2.71. The van der Waals surface area contributed by atoms with Gasteiger partial charge in [0.2, 0.25) is 0 Å². The number of hydrogen-bond acceptors (Lipinski definition) is 3. The van der Waals surface area contributed by atoms with Crippen LogP contribution < -0.4 is 10.1 Å². The summed E-state index contributed by atoms with van der Waals surface area (Å²) < 4.78 is 18.9. The second-order valence-corrected chi connectivity index (χ2v) is 6.80. The molecular weight excluding hydrogens is 349 g/mol. The van der Waals surface area contributed by atoms with Crippen LogP contribution in [0.1, 0.15) is 29.0 Å². The van der Waals surface area contributed by atoms with Crippen molar-refractivity contribution in [2.45, 2.75) is 19.4 Å². The molecule has 2 aromatic carbocycles. The van der Waals surface area contributed by atoms with Gasteiger partial charge in [-0.2, -0.15) is 0 Å². The molecule has 0 saturated carbocycles. The van der Waals surface area contributed by atoms with E-state index in [1.165, 1.54) is 12.1 Å². The molecule has 1 unspecified atom stereocenters. The molecule has 0 spiro atoms. The zero-order chi connectivity index (χ0) is 18.4. The number of carbonyl (C=O) groups is 1. The van der Waals surface area contributed by atoms with Crippen molar-refractivity contribution >= 4 is 17.2 Å². The highest BCUT2D eigenvalue weighted by Crippen LogP contribution is 2.26. The van der Waals surface area contributed by atoms with Crippen LogP contribution in [0.3, 0.4) is 0 Å². The Morgan fingerprint density at radius 2 is 1.88 bits per heavy atom. The predicted octanol–water partition coefficient (Wildman–Crippen LogP) is 4.73. The summed E-state index contributed by atoms with van der Waals surface area (Å²) in [6.45, 7) is 1.98. The van der Waals surface area contributed by atoms with Crippen LogP contribution in [0.15, 0.2) is 66.0 Å². The molecule has 26 heavy (non-hydrogen) atoms. The van der Waals surface area contributed by atoms with Gasteiger partial charge in [0.05, 0.1) is 6.04 Å². The molecule has 1 amide bonds. The Kier molecular flexibility index (Phi) is 6.02. The molecular formula is C21H20FNO2S. The number of ether oxygens (including phenoxy) is 1. The third-order valence-corrected chi connectivity index (χ3v) is 4.99. The lowest BCUT2D eigenvalue weighted by molar-refractivity contribution is -0.123. The molecule has 0 aliphatic rings. The van der Waals surface area contributed by atoms with Gasteiger partial charge < -0.3 is 10.1 Å². The summed E-state index contributed by atoms with van der Waals surface area (Å²) in [5.41, 5.74) is 1.89. The number of carbonyl (C=O) groups excluding carboxylic acids is 1. The van der Waals surface area contributed by atoms with E-state index in [-0.39, 0.29) is 24.4 Å². The van der Waals surface area contributed by atoms with Crippen molar-refractivity contribution in [3.8, 4) is 5.75 Å². The van der Waals surface area contributed by atoms with E-state index in [2.05, 4.69) is 5.32 Å². The second kappa shape index (κ2) is 8.63. The van der Waals surface area contributed by atoms with Crippen molar-refractivity contribution in [2.24, 2.45) is 0 Å². The molecule has 0 aliphatic carbocycles. The number of halogens is 1. The van der Waals surface area contributed by atoms with Crippen LogP contribution in [0.4, 0.5) is 4.39 Å². The minimum absolute atomic E-state index is 0.0694. The van der Waals surface area contributed by atoms with Crippen molar-refractivity contribution in [2.75, 3.05) is 6.61 Å². The topological polar surface area (TPSA) is 38.3 Å². The van der Waals surface area contributed by atoms with E-state index in [4.69, 9.17) is 4.74 Å². The number of para-hydroxylation sites is 1. The van der Waals surface area contributed by atoms with E-state index in [1.807, 2.05) is 48.7 Å². The van der Waals surface area contributed by atoms with Gasteiger partial charge in [-0.1, -0.05) is 43.3 Å². The monoisotopic (exact) mass is 369 g/mol. The minimum atomic E-state index is -0.326. The van der Waals surface area contributed by atoms with E-state index in [9.17, 15) is 9.18 Å². The lowest BCUT2D eigenvalue weighted by Crippen LogP contribution is -2.33. The van der Waals surface area contributed by atoms with Gasteiger partial charge in [0.15, 0.2) is 6.61 Å². The Morgan fingerprint density at radius 1 is 1.12 bits per heavy atom. The molecule has 0 saturated heterocycles. The van der Waals surface area contributed by atoms with Crippen LogP contribution >= 0.6 is 11.3 Å². The molecule has 1 N–H and O–H groups in total. The first kappa shape index (κ1) is 18.1. The molecule has 0 radical (unpaired) electrons. The van der Waals surface area contributed by atoms with Crippen molar-refractivity contribution < 1.29 is 13.9 Å². The summed E-state index contributed by atoms with van der Waals surface area (Å²) in [5, 5.41) is 4.94. The number of rotatable bonds is 7. The molecule has 3 aromatic rings. The van der Waals surface area contributed by atoms with Crippen LogP contribution in [0.5, 0.6) is 5.75 Å². The molecule has 134 valence electrons. The van der Waals surface area contributed by atoms with Crippen LogP contribution in [0.25, 0.3) is 0 Å². The van der Waals surface area contributed by atoms with Gasteiger partial charge >= 0.3 is 0 Å². The number of nitrogens with one attached hydrogen (secondary N) is 1. The smallest absolute Gasteiger partial charge is 0.258 e. The Labute approximate surface area is 156 Å². The van der Waals surface area contributed by atoms with Gasteiger partial charge in [0, 0.05) is 4.88 Å². The average molecular weight is 369 g/mol. The number of benzene rings is 2. The summed E-state index contributed by atoms with van der Waals surface area (Å²) in [4.78, 5) is 13.4. The third-order valence-electron chi connectivity index (χ3n) is 4.05. The Morgan fingerprint density at radius 3 is 2.58 bits per heavy atom. The van der Waals surface area contributed by atoms with Gasteiger partial charge in [-0.15, -0.1) is 11.3 Å². The van der Waals surface area contributed by atoms with E-state index >= 15 is 0 Å². The Hall–Kier alpha value is -2.66. The van der Waals surface area contributed by atoms with Gasteiger partial charge in [0.1, 0.15) is 11.6 Å². The molecule has 1 heterocycles. The van der Waals surface area contributed by atoms with Gasteiger partial charge in [-0.05, 0) is 47.2 Å². The number of thiophene rings is 1. The largest absolute Gasteiger partial charge is 0.483 e. The van der Waals surface area contributed by atoms with E-state index in [0.717, 1.165) is 28.2 Å².